The minimum absolute atomic E-state index is 0.0179. The van der Waals surface area contributed by atoms with Crippen LogP contribution in [-0.4, -0.2) is 109 Å². The van der Waals surface area contributed by atoms with E-state index in [2.05, 4.69) is 20.4 Å². The summed E-state index contributed by atoms with van der Waals surface area (Å²) in [6, 6.07) is 16.0. The number of rotatable bonds is 16. The Morgan fingerprint density at radius 3 is 2.43 bits per heavy atom. The summed E-state index contributed by atoms with van der Waals surface area (Å²) in [5.74, 6) is -0.893. The summed E-state index contributed by atoms with van der Waals surface area (Å²) in [5, 5.41) is 26.7. The molecule has 3 atom stereocenters. The van der Waals surface area contributed by atoms with Gasteiger partial charge in [-0.1, -0.05) is 67.9 Å². The summed E-state index contributed by atoms with van der Waals surface area (Å²) in [7, 11) is -2.33. The minimum atomic E-state index is -4.09. The molecule has 4 aromatic rings. The number of nitrogens with zero attached hydrogens (tertiary/aromatic N) is 7. The van der Waals surface area contributed by atoms with Crippen LogP contribution in [0.1, 0.15) is 50.1 Å². The number of imidazole rings is 1. The topological polar surface area (TPSA) is 191 Å². The molecule has 1 saturated heterocycles. The minimum Gasteiger partial charge on any atom is -0.411 e. The van der Waals surface area contributed by atoms with Crippen molar-refractivity contribution in [1.82, 2.24) is 34.0 Å². The summed E-state index contributed by atoms with van der Waals surface area (Å²) >= 11 is 0. The van der Waals surface area contributed by atoms with Gasteiger partial charge in [0.15, 0.2) is 5.65 Å². The van der Waals surface area contributed by atoms with E-state index in [4.69, 9.17) is 5.21 Å². The number of aliphatic hydroxyl groups excluding tert-OH is 1. The van der Waals surface area contributed by atoms with E-state index in [0.29, 0.717) is 22.6 Å². The molecule has 286 valence electrons. The van der Waals surface area contributed by atoms with Gasteiger partial charge in [0.05, 0.1) is 29.8 Å². The normalized spacial score (nSPS) is 17.1. The van der Waals surface area contributed by atoms with Gasteiger partial charge in [-0.2, -0.15) is 4.31 Å². The smallest absolute Gasteiger partial charge is 0.328 e. The molecule has 4 amide bonds. The Morgan fingerprint density at radius 2 is 1.80 bits per heavy atom. The average molecular weight is 759 g/mol. The molecule has 2 aromatic carbocycles. The second-order valence-electron chi connectivity index (χ2n) is 14.3. The summed E-state index contributed by atoms with van der Waals surface area (Å²) in [5.41, 5.74) is 2.54. The molecule has 54 heavy (non-hydrogen) atoms. The van der Waals surface area contributed by atoms with Crippen molar-refractivity contribution in [2.75, 3.05) is 19.6 Å². The molecule has 15 nitrogen and oxygen atoms in total. The Kier molecular flexibility index (Phi) is 11.7. The number of urea groups is 1. The number of hydrogen-bond donors (Lipinski definition) is 3. The highest BCUT2D eigenvalue weighted by atomic mass is 32.2. The molecule has 1 aliphatic heterocycles. The van der Waals surface area contributed by atoms with Gasteiger partial charge in [0.2, 0.25) is 15.9 Å². The van der Waals surface area contributed by atoms with E-state index in [9.17, 15) is 27.9 Å². The molecular weight excluding hydrogens is 713 g/mol. The quantitative estimate of drug-likeness (QED) is 0.0667. The zero-order chi connectivity index (χ0) is 38.6. The highest BCUT2D eigenvalue weighted by molar-refractivity contribution is 7.89. The van der Waals surface area contributed by atoms with Crippen LogP contribution in [0.2, 0.25) is 0 Å². The molecule has 0 radical (unpaired) electrons. The highest BCUT2D eigenvalue weighted by Gasteiger charge is 2.45. The molecule has 0 unspecified atom stereocenters. The molecule has 1 saturated carbocycles. The van der Waals surface area contributed by atoms with Crippen LogP contribution in [0.4, 0.5) is 4.79 Å². The maximum absolute atomic E-state index is 14.3. The number of sulfonamides is 1. The Bertz CT molecular complexity index is 2100. The number of carbonyl (C=O) groups is 3. The molecule has 3 N–H and O–H groups in total. The van der Waals surface area contributed by atoms with Crippen LogP contribution in [0.25, 0.3) is 11.2 Å². The lowest BCUT2D eigenvalue weighted by atomic mass is 9.85. The number of amides is 4. The number of aliphatic hydroxyl groups is 1. The zero-order valence-corrected chi connectivity index (χ0v) is 31.3. The molecule has 1 aliphatic carbocycles. The number of benzene rings is 2. The lowest BCUT2D eigenvalue weighted by molar-refractivity contribution is -0.129. The van der Waals surface area contributed by atoms with Crippen molar-refractivity contribution < 1.29 is 33.1 Å². The largest absolute Gasteiger partial charge is 0.411 e. The Morgan fingerprint density at radius 1 is 1.07 bits per heavy atom. The number of aromatic nitrogens is 3. The maximum atomic E-state index is 14.3. The fraction of sp³-hybridized carbons (Fsp3) is 0.421. The van der Waals surface area contributed by atoms with Crippen molar-refractivity contribution in [3.05, 3.63) is 89.9 Å². The van der Waals surface area contributed by atoms with Crippen molar-refractivity contribution in [2.45, 2.75) is 69.2 Å². The monoisotopic (exact) mass is 758 g/mol. The summed E-state index contributed by atoms with van der Waals surface area (Å²) in [4.78, 5) is 52.6. The molecule has 2 aliphatic rings. The van der Waals surface area contributed by atoms with Crippen molar-refractivity contribution in [3.63, 3.8) is 0 Å². The van der Waals surface area contributed by atoms with Gasteiger partial charge in [-0.15, -0.1) is 0 Å². The maximum Gasteiger partial charge on any atom is 0.328 e. The lowest BCUT2D eigenvalue weighted by Crippen LogP contribution is -2.57. The van der Waals surface area contributed by atoms with Crippen LogP contribution < -0.4 is 5.32 Å². The van der Waals surface area contributed by atoms with Crippen molar-refractivity contribution >= 4 is 45.2 Å². The Labute approximate surface area is 314 Å². The molecule has 2 fully saturated rings. The number of hydrogen-bond acceptors (Lipinski definition) is 10. The first-order chi connectivity index (χ1) is 25.9. The number of aryl methyl sites for hydroxylation is 1. The van der Waals surface area contributed by atoms with Gasteiger partial charge in [-0.3, -0.25) is 14.5 Å². The Hall–Kier alpha value is -5.19. The number of carbonyl (C=O) groups excluding carboxylic acids is 3. The number of nitrogens with one attached hydrogen (secondary N) is 1. The van der Waals surface area contributed by atoms with Gasteiger partial charge in [0.1, 0.15) is 23.9 Å². The van der Waals surface area contributed by atoms with E-state index < -0.39 is 52.0 Å². The van der Waals surface area contributed by atoms with Crippen LogP contribution in [0, 0.1) is 11.8 Å². The molecule has 0 spiro atoms. The van der Waals surface area contributed by atoms with Gasteiger partial charge < -0.3 is 25.1 Å². The van der Waals surface area contributed by atoms with Crippen LogP contribution in [0.3, 0.4) is 0 Å². The third kappa shape index (κ3) is 8.30. The van der Waals surface area contributed by atoms with E-state index in [1.165, 1.54) is 39.7 Å². The Balaban J connectivity index is 1.23. The first-order valence-corrected chi connectivity index (χ1v) is 19.5. The SMILES string of the molecule is CC(C)[C@@H](C(=O)N[C@@H](Cc1ccccc1)[C@H](O)CN(CC1CCC1)S(=O)(=O)c1ccc(C=NO)cc1)N1CC(=O)N(Cc2nc3cccnc3n2C)C1=O. The van der Waals surface area contributed by atoms with Crippen LogP contribution in [0.15, 0.2) is 83.0 Å². The number of oxime groups is 1. The highest BCUT2D eigenvalue weighted by Crippen LogP contribution is 2.30. The van der Waals surface area contributed by atoms with Crippen LogP contribution in [0.5, 0.6) is 0 Å². The third-order valence-electron chi connectivity index (χ3n) is 10.2. The lowest BCUT2D eigenvalue weighted by Gasteiger charge is -2.36. The van der Waals surface area contributed by atoms with Crippen molar-refractivity contribution in [2.24, 2.45) is 24.0 Å². The molecule has 2 aromatic heterocycles. The van der Waals surface area contributed by atoms with E-state index in [1.54, 1.807) is 43.8 Å². The van der Waals surface area contributed by atoms with Gasteiger partial charge in [0, 0.05) is 26.3 Å². The number of pyridine rings is 1. The second kappa shape index (κ2) is 16.4. The molecular formula is C38H46N8O7S. The summed E-state index contributed by atoms with van der Waals surface area (Å²) in [6.07, 6.45) is 4.36. The van der Waals surface area contributed by atoms with Gasteiger partial charge >= 0.3 is 6.03 Å². The van der Waals surface area contributed by atoms with E-state index in [0.717, 1.165) is 29.7 Å². The van der Waals surface area contributed by atoms with E-state index >= 15 is 0 Å². The van der Waals surface area contributed by atoms with Crippen molar-refractivity contribution in [1.29, 1.82) is 0 Å². The van der Waals surface area contributed by atoms with Gasteiger partial charge in [-0.25, -0.2) is 23.2 Å². The average Bonchev–Trinajstić information content (AvgIpc) is 3.59. The zero-order valence-electron chi connectivity index (χ0n) is 30.5. The predicted octanol–water partition coefficient (Wildman–Crippen LogP) is 3.14. The third-order valence-corrected chi connectivity index (χ3v) is 12.1. The molecule has 6 rings (SSSR count). The van der Waals surface area contributed by atoms with E-state index in [1.807, 2.05) is 30.3 Å². The fourth-order valence-electron chi connectivity index (χ4n) is 7.02. The van der Waals surface area contributed by atoms with Crippen molar-refractivity contribution in [3.8, 4) is 0 Å². The van der Waals surface area contributed by atoms with Crippen LogP contribution >= 0.6 is 0 Å². The summed E-state index contributed by atoms with van der Waals surface area (Å²) in [6.45, 7) is 3.02. The first kappa shape index (κ1) is 38.5. The fourth-order valence-corrected chi connectivity index (χ4v) is 8.56. The number of imide groups is 1. The molecule has 3 heterocycles. The predicted molar refractivity (Wildman–Crippen MR) is 200 cm³/mol. The number of fused-ring (bicyclic) bond motifs is 1. The first-order valence-electron chi connectivity index (χ1n) is 18.0. The van der Waals surface area contributed by atoms with E-state index in [-0.39, 0.29) is 43.4 Å². The van der Waals surface area contributed by atoms with Gasteiger partial charge in [0.25, 0.3) is 5.91 Å². The molecule has 0 bridgehead atoms. The van der Waals surface area contributed by atoms with Crippen LogP contribution in [-0.2, 0) is 39.6 Å². The second-order valence-corrected chi connectivity index (χ2v) is 16.3. The molecule has 16 heteroatoms. The summed E-state index contributed by atoms with van der Waals surface area (Å²) < 4.78 is 31.1. The van der Waals surface area contributed by atoms with Gasteiger partial charge in [-0.05, 0) is 66.5 Å². The standard InChI is InChI=1S/C38H46N8O7S/c1-25(2)35(46-24-34(48)45(38(46)50)23-33-41-30-13-8-18-39-36(30)43(33)3)37(49)42-31(19-26-9-5-4-6-10-26)32(47)22-44(21-28-11-7-12-28)54(52,53)29-16-14-27(15-17-29)20-40-51/h4-6,8-10,13-18,20,25,28,31-32,35,47,51H,7,11-12,19,21-24H2,1-3H3,(H,42,49)/t31-,32+,35-/m0/s1.